The summed E-state index contributed by atoms with van der Waals surface area (Å²) in [6.45, 7) is -4.03. The lowest BCUT2D eigenvalue weighted by Gasteiger charge is -2.18. The predicted molar refractivity (Wildman–Crippen MR) is 117 cm³/mol. The molecule has 0 aliphatic carbocycles. The molecular weight excluding hydrogens is 616 g/mol. The van der Waals surface area contributed by atoms with Gasteiger partial charge in [0.1, 0.15) is 42.5 Å². The van der Waals surface area contributed by atoms with Crippen molar-refractivity contribution in [2.24, 2.45) is 0 Å². The van der Waals surface area contributed by atoms with Crippen molar-refractivity contribution >= 4 is 47.6 Å². The van der Waals surface area contributed by atoms with Crippen LogP contribution in [0.1, 0.15) is 10.4 Å². The highest BCUT2D eigenvalue weighted by Crippen LogP contribution is 2.26. The number of carbonyl (C=O) groups is 1. The monoisotopic (exact) mass is 636 g/mol. The second kappa shape index (κ2) is 13.7. The molecule has 2 atom stereocenters. The van der Waals surface area contributed by atoms with Crippen LogP contribution >= 0.6 is 0 Å². The van der Waals surface area contributed by atoms with Gasteiger partial charge in [-0.25, -0.2) is 21.5 Å². The fraction of sp³-hybridized carbons (Fsp3) is 0.500. The maximum absolute atomic E-state index is 12.1. The molecule has 220 valence electrons. The molecule has 1 rings (SSSR count). The standard InChI is InChI=1S/C14H20O20S4/c1-28-14(15)12-4-9(29-5-10(33-37(22,23)24)7-31-35(16,17)18)2-3-13(12)30-6-11(34-38(25,26)27)8-32-36(19,20)21/h2-4,10-11H,5-8H2,1H3,(H,16,17,18)(H,19,20,21)(H,22,23,24)(H,25,26,27). The summed E-state index contributed by atoms with van der Waals surface area (Å²) in [6.07, 6.45) is -3.69. The summed E-state index contributed by atoms with van der Waals surface area (Å²) in [7, 11) is -19.4. The lowest BCUT2D eigenvalue weighted by molar-refractivity contribution is 0.0574. The van der Waals surface area contributed by atoms with E-state index in [0.717, 1.165) is 25.3 Å². The van der Waals surface area contributed by atoms with Crippen molar-refractivity contribution in [2.75, 3.05) is 33.5 Å². The molecule has 38 heavy (non-hydrogen) atoms. The van der Waals surface area contributed by atoms with Crippen LogP contribution < -0.4 is 9.47 Å². The molecule has 0 aromatic heterocycles. The highest BCUT2D eigenvalue weighted by atomic mass is 32.3. The summed E-state index contributed by atoms with van der Waals surface area (Å²) in [4.78, 5) is 12.1. The van der Waals surface area contributed by atoms with Crippen LogP contribution in [-0.4, -0.2) is 104 Å². The van der Waals surface area contributed by atoms with Gasteiger partial charge in [0, 0.05) is 0 Å². The van der Waals surface area contributed by atoms with Crippen LogP contribution in [-0.2, 0) is 63.1 Å². The normalized spacial score (nSPS) is 14.4. The second-order valence-electron chi connectivity index (χ2n) is 6.49. The Kier molecular flexibility index (Phi) is 12.2. The summed E-state index contributed by atoms with van der Waals surface area (Å²) in [5, 5.41) is 0. The van der Waals surface area contributed by atoms with Gasteiger partial charge in [-0.05, 0) is 18.2 Å². The molecular formula is C14H20O20S4. The zero-order chi connectivity index (χ0) is 29.4. The maximum atomic E-state index is 12.1. The van der Waals surface area contributed by atoms with Crippen LogP contribution in [0.2, 0.25) is 0 Å². The molecule has 1 aromatic rings. The first kappa shape index (κ1) is 33.8. The van der Waals surface area contributed by atoms with Crippen molar-refractivity contribution in [3.8, 4) is 11.5 Å². The van der Waals surface area contributed by atoms with Crippen molar-refractivity contribution in [3.63, 3.8) is 0 Å². The molecule has 0 aliphatic heterocycles. The number of methoxy groups -OCH3 is 1. The van der Waals surface area contributed by atoms with Gasteiger partial charge in [-0.2, -0.15) is 33.7 Å². The van der Waals surface area contributed by atoms with E-state index in [2.05, 4.69) is 21.5 Å². The highest BCUT2D eigenvalue weighted by molar-refractivity contribution is 7.81. The van der Waals surface area contributed by atoms with E-state index in [1.165, 1.54) is 0 Å². The van der Waals surface area contributed by atoms with Gasteiger partial charge < -0.3 is 14.2 Å². The summed E-state index contributed by atoms with van der Waals surface area (Å²) >= 11 is 0. The van der Waals surface area contributed by atoms with Crippen molar-refractivity contribution < 1.29 is 87.6 Å². The van der Waals surface area contributed by atoms with Gasteiger partial charge in [0.05, 0.1) is 20.3 Å². The minimum Gasteiger partial charge on any atom is -0.491 e. The Morgan fingerprint density at radius 3 is 1.55 bits per heavy atom. The van der Waals surface area contributed by atoms with Crippen LogP contribution in [0.15, 0.2) is 18.2 Å². The van der Waals surface area contributed by atoms with Gasteiger partial charge >= 0.3 is 47.6 Å². The van der Waals surface area contributed by atoms with Gasteiger partial charge in [0.25, 0.3) is 0 Å². The summed E-state index contributed by atoms with van der Waals surface area (Å²) in [6, 6.07) is 3.02. The molecule has 1 aromatic carbocycles. The summed E-state index contributed by atoms with van der Waals surface area (Å²) in [5.74, 6) is -1.68. The first-order chi connectivity index (χ1) is 17.2. The minimum absolute atomic E-state index is 0.242. The summed E-state index contributed by atoms with van der Waals surface area (Å²) in [5.41, 5.74) is -0.423. The molecule has 0 bridgehead atoms. The molecule has 0 saturated carbocycles. The Bertz CT molecular complexity index is 1380. The van der Waals surface area contributed by atoms with E-state index >= 15 is 0 Å². The molecule has 24 heteroatoms. The fourth-order valence-electron chi connectivity index (χ4n) is 2.24. The average molecular weight is 637 g/mol. The van der Waals surface area contributed by atoms with Gasteiger partial charge in [-0.3, -0.25) is 18.2 Å². The Balaban J connectivity index is 3.09. The lowest BCUT2D eigenvalue weighted by Crippen LogP contribution is -2.31. The number of carbonyl (C=O) groups excluding carboxylic acids is 1. The SMILES string of the molecule is COC(=O)c1cc(OCC(COS(=O)(=O)O)OS(=O)(=O)O)ccc1OCC(COS(=O)(=O)O)OS(=O)(=O)O. The third-order valence-corrected chi connectivity index (χ3v) is 5.44. The molecule has 0 spiro atoms. The zero-order valence-electron chi connectivity index (χ0n) is 18.7. The van der Waals surface area contributed by atoms with Crippen molar-refractivity contribution in [3.05, 3.63) is 23.8 Å². The van der Waals surface area contributed by atoms with E-state index < -0.39 is 91.8 Å². The molecule has 2 unspecified atom stereocenters. The number of ether oxygens (including phenoxy) is 3. The molecule has 0 heterocycles. The van der Waals surface area contributed by atoms with Crippen molar-refractivity contribution in [1.82, 2.24) is 0 Å². The van der Waals surface area contributed by atoms with E-state index in [1.807, 2.05) is 0 Å². The first-order valence-corrected chi connectivity index (χ1v) is 14.7. The largest absolute Gasteiger partial charge is 0.491 e. The van der Waals surface area contributed by atoms with Gasteiger partial charge in [-0.15, -0.1) is 0 Å². The molecule has 4 N–H and O–H groups in total. The smallest absolute Gasteiger partial charge is 0.397 e. The highest BCUT2D eigenvalue weighted by Gasteiger charge is 2.24. The van der Waals surface area contributed by atoms with E-state index in [1.54, 1.807) is 0 Å². The van der Waals surface area contributed by atoms with Crippen LogP contribution in [0, 0.1) is 0 Å². The molecule has 20 nitrogen and oxygen atoms in total. The van der Waals surface area contributed by atoms with Crippen molar-refractivity contribution in [2.45, 2.75) is 12.2 Å². The van der Waals surface area contributed by atoms with Crippen LogP contribution in [0.5, 0.6) is 11.5 Å². The Morgan fingerprint density at radius 2 is 1.16 bits per heavy atom. The number of hydrogen-bond donors (Lipinski definition) is 4. The Hall–Kier alpha value is -2.23. The summed E-state index contributed by atoms with van der Waals surface area (Å²) < 4.78 is 153. The molecule has 0 radical (unpaired) electrons. The third-order valence-electron chi connectivity index (χ3n) is 3.54. The zero-order valence-corrected chi connectivity index (χ0v) is 21.9. The minimum atomic E-state index is -5.16. The van der Waals surface area contributed by atoms with Gasteiger partial charge in [0.2, 0.25) is 0 Å². The second-order valence-corrected chi connectivity index (χ2v) is 10.8. The predicted octanol–water partition coefficient (Wildman–Crippen LogP) is -1.75. The van der Waals surface area contributed by atoms with E-state index in [0.29, 0.717) is 0 Å². The van der Waals surface area contributed by atoms with Crippen LogP contribution in [0.4, 0.5) is 0 Å². The number of esters is 1. The Morgan fingerprint density at radius 1 is 0.711 bits per heavy atom. The van der Waals surface area contributed by atoms with E-state index in [-0.39, 0.29) is 11.5 Å². The molecule has 0 amide bonds. The fourth-order valence-corrected chi connectivity index (χ4v) is 3.80. The number of benzene rings is 1. The quantitative estimate of drug-likeness (QED) is 0.109. The third kappa shape index (κ3) is 15.2. The topological polar surface area (TPSA) is 299 Å². The van der Waals surface area contributed by atoms with Crippen LogP contribution in [0.3, 0.4) is 0 Å². The molecule has 0 aliphatic rings. The molecule has 0 fully saturated rings. The number of hydrogen-bond acceptors (Lipinski definition) is 16. The van der Waals surface area contributed by atoms with E-state index in [4.69, 9.17) is 27.7 Å². The first-order valence-electron chi connectivity index (χ1n) is 9.20. The van der Waals surface area contributed by atoms with Crippen LogP contribution in [0.25, 0.3) is 0 Å². The maximum Gasteiger partial charge on any atom is 0.397 e. The molecule has 0 saturated heterocycles. The van der Waals surface area contributed by atoms with Gasteiger partial charge in [-0.1, -0.05) is 0 Å². The Labute approximate surface area is 216 Å². The van der Waals surface area contributed by atoms with Crippen molar-refractivity contribution in [1.29, 1.82) is 0 Å². The number of rotatable bonds is 17. The van der Waals surface area contributed by atoms with Gasteiger partial charge in [0.15, 0.2) is 0 Å². The average Bonchev–Trinajstić information content (AvgIpc) is 2.74. The van der Waals surface area contributed by atoms with E-state index in [9.17, 15) is 38.5 Å². The lowest BCUT2D eigenvalue weighted by atomic mass is 10.2.